The zero-order valence-corrected chi connectivity index (χ0v) is 12.5. The minimum atomic E-state index is -1.06. The molecule has 0 spiro atoms. The van der Waals surface area contributed by atoms with Gasteiger partial charge in [0.2, 0.25) is 0 Å². The molecule has 3 rings (SSSR count). The van der Waals surface area contributed by atoms with Gasteiger partial charge < -0.3 is 14.6 Å². The lowest BCUT2D eigenvalue weighted by Crippen LogP contribution is -2.40. The number of aliphatic carboxylic acids is 1. The van der Waals surface area contributed by atoms with Crippen molar-refractivity contribution in [3.63, 3.8) is 0 Å². The van der Waals surface area contributed by atoms with Crippen LogP contribution in [-0.4, -0.2) is 48.9 Å². The zero-order valence-electron chi connectivity index (χ0n) is 12.5. The molecule has 2 aromatic rings. The van der Waals surface area contributed by atoms with E-state index in [2.05, 4.69) is 4.98 Å². The quantitative estimate of drug-likeness (QED) is 0.670. The average Bonchev–Trinajstić information content (AvgIpc) is 3.24. The summed E-state index contributed by atoms with van der Waals surface area (Å²) in [7, 11) is 0. The minimum Gasteiger partial charge on any atom is -0.480 e. The first-order chi connectivity index (χ1) is 11.5. The van der Waals surface area contributed by atoms with Crippen molar-refractivity contribution in [1.29, 1.82) is 0 Å². The predicted molar refractivity (Wildman–Crippen MR) is 81.9 cm³/mol. The average molecular weight is 330 g/mol. The number of carbonyl (C=O) groups is 2. The predicted octanol–water partition coefficient (Wildman–Crippen LogP) is 1.47. The number of aromatic nitrogens is 2. The number of benzene rings is 1. The molecular formula is C15H14N4O5. The van der Waals surface area contributed by atoms with Crippen LogP contribution in [0.4, 0.5) is 5.69 Å². The molecule has 1 aromatic carbocycles. The third-order valence-corrected chi connectivity index (χ3v) is 4.00. The minimum absolute atomic E-state index is 0.0960. The molecule has 1 aliphatic heterocycles. The molecule has 9 heteroatoms. The highest BCUT2D eigenvalue weighted by Gasteiger charge is 2.35. The van der Waals surface area contributed by atoms with Crippen LogP contribution in [-0.2, 0) is 4.79 Å². The third kappa shape index (κ3) is 2.71. The van der Waals surface area contributed by atoms with E-state index in [0.29, 0.717) is 19.4 Å². The smallest absolute Gasteiger partial charge is 0.326 e. The largest absolute Gasteiger partial charge is 0.480 e. The van der Waals surface area contributed by atoms with Crippen LogP contribution in [0.25, 0.3) is 5.69 Å². The lowest BCUT2D eigenvalue weighted by molar-refractivity contribution is -0.384. The van der Waals surface area contributed by atoms with Gasteiger partial charge in [-0.05, 0) is 25.0 Å². The Hall–Kier alpha value is -3.23. The highest BCUT2D eigenvalue weighted by atomic mass is 16.6. The first-order valence-electron chi connectivity index (χ1n) is 7.29. The van der Waals surface area contributed by atoms with Crippen molar-refractivity contribution in [3.8, 4) is 5.69 Å². The molecule has 0 bridgehead atoms. The first-order valence-corrected chi connectivity index (χ1v) is 7.29. The van der Waals surface area contributed by atoms with Gasteiger partial charge >= 0.3 is 5.97 Å². The number of imidazole rings is 1. The number of nitro groups is 1. The Morgan fingerprint density at radius 3 is 2.79 bits per heavy atom. The number of nitro benzene ring substituents is 1. The summed E-state index contributed by atoms with van der Waals surface area (Å²) in [5.41, 5.74) is 0.133. The van der Waals surface area contributed by atoms with Crippen molar-refractivity contribution in [3.05, 3.63) is 52.6 Å². The Morgan fingerprint density at radius 2 is 2.17 bits per heavy atom. The topological polar surface area (TPSA) is 119 Å². The van der Waals surface area contributed by atoms with Gasteiger partial charge in [-0.2, -0.15) is 0 Å². The zero-order chi connectivity index (χ0) is 17.3. The van der Waals surface area contributed by atoms with E-state index in [-0.39, 0.29) is 16.9 Å². The molecule has 24 heavy (non-hydrogen) atoms. The number of nitrogens with zero attached hydrogens (tertiary/aromatic N) is 4. The molecule has 1 N–H and O–H groups in total. The number of carbonyl (C=O) groups excluding carboxylic acids is 1. The van der Waals surface area contributed by atoms with E-state index >= 15 is 0 Å². The summed E-state index contributed by atoms with van der Waals surface area (Å²) in [5, 5.41) is 20.5. The van der Waals surface area contributed by atoms with Gasteiger partial charge in [-0.1, -0.05) is 0 Å². The van der Waals surface area contributed by atoms with Crippen molar-refractivity contribution in [2.45, 2.75) is 18.9 Å². The van der Waals surface area contributed by atoms with Crippen LogP contribution in [0.1, 0.15) is 23.2 Å². The van der Waals surface area contributed by atoms with E-state index in [1.54, 1.807) is 6.20 Å². The Bertz CT molecular complexity index is 802. The van der Waals surface area contributed by atoms with Gasteiger partial charge in [0.15, 0.2) is 0 Å². The van der Waals surface area contributed by atoms with Gasteiger partial charge in [-0.15, -0.1) is 0 Å². The van der Waals surface area contributed by atoms with E-state index in [0.717, 1.165) is 0 Å². The van der Waals surface area contributed by atoms with Crippen LogP contribution in [0.3, 0.4) is 0 Å². The summed E-state index contributed by atoms with van der Waals surface area (Å²) >= 11 is 0. The van der Waals surface area contributed by atoms with Crippen molar-refractivity contribution in [2.75, 3.05) is 6.54 Å². The van der Waals surface area contributed by atoms with Gasteiger partial charge in [0.25, 0.3) is 11.6 Å². The van der Waals surface area contributed by atoms with E-state index < -0.39 is 22.8 Å². The second-order valence-electron chi connectivity index (χ2n) is 5.43. The summed E-state index contributed by atoms with van der Waals surface area (Å²) in [6, 6.07) is 3.21. The van der Waals surface area contributed by atoms with Crippen LogP contribution in [0.15, 0.2) is 36.9 Å². The summed E-state index contributed by atoms with van der Waals surface area (Å²) < 4.78 is 1.47. The van der Waals surface area contributed by atoms with Crippen molar-refractivity contribution >= 4 is 17.6 Å². The van der Waals surface area contributed by atoms with Crippen LogP contribution in [0.2, 0.25) is 0 Å². The molecule has 2 heterocycles. The van der Waals surface area contributed by atoms with Crippen LogP contribution >= 0.6 is 0 Å². The summed E-state index contributed by atoms with van der Waals surface area (Å²) in [5.74, 6) is -1.58. The molecule has 0 unspecified atom stereocenters. The number of rotatable bonds is 4. The number of carboxylic acid groups (broad SMARTS) is 1. The standard InChI is InChI=1S/C15H14N4O5/c20-14(18-6-1-2-12(18)15(21)22)10-3-4-11(13(8-10)19(23)24)17-7-5-16-9-17/h3-5,7-9,12H,1-2,6H2,(H,21,22)/t12-/m1/s1. The lowest BCUT2D eigenvalue weighted by atomic mass is 10.1. The number of amides is 1. The number of hydrogen-bond donors (Lipinski definition) is 1. The summed E-state index contributed by atoms with van der Waals surface area (Å²) in [6.45, 7) is 0.326. The van der Waals surface area contributed by atoms with Gasteiger partial charge in [0.1, 0.15) is 11.7 Å². The lowest BCUT2D eigenvalue weighted by Gasteiger charge is -2.21. The maximum atomic E-state index is 12.6. The fourth-order valence-electron chi connectivity index (χ4n) is 2.86. The molecule has 1 amide bonds. The Morgan fingerprint density at radius 1 is 1.38 bits per heavy atom. The van der Waals surface area contributed by atoms with Crippen LogP contribution < -0.4 is 0 Å². The normalized spacial score (nSPS) is 17.0. The second kappa shape index (κ2) is 6.11. The molecule has 0 saturated carbocycles. The Kier molecular flexibility index (Phi) is 3.98. The van der Waals surface area contributed by atoms with E-state index in [1.165, 1.54) is 40.2 Å². The highest BCUT2D eigenvalue weighted by Crippen LogP contribution is 2.27. The molecule has 0 aliphatic carbocycles. The molecule has 9 nitrogen and oxygen atoms in total. The van der Waals surface area contributed by atoms with Gasteiger partial charge in [0.05, 0.1) is 11.3 Å². The molecule has 1 aliphatic rings. The van der Waals surface area contributed by atoms with Crippen LogP contribution in [0, 0.1) is 10.1 Å². The molecule has 1 aromatic heterocycles. The first kappa shape index (κ1) is 15.7. The fourth-order valence-corrected chi connectivity index (χ4v) is 2.86. The molecule has 124 valence electrons. The maximum absolute atomic E-state index is 12.6. The summed E-state index contributed by atoms with van der Waals surface area (Å²) in [6.07, 6.45) is 5.45. The third-order valence-electron chi connectivity index (χ3n) is 4.00. The van der Waals surface area contributed by atoms with E-state index in [4.69, 9.17) is 0 Å². The van der Waals surface area contributed by atoms with Crippen molar-refractivity contribution in [2.24, 2.45) is 0 Å². The monoisotopic (exact) mass is 330 g/mol. The van der Waals surface area contributed by atoms with Crippen molar-refractivity contribution in [1.82, 2.24) is 14.5 Å². The van der Waals surface area contributed by atoms with Gasteiger partial charge in [-0.25, -0.2) is 9.78 Å². The maximum Gasteiger partial charge on any atom is 0.326 e. The fraction of sp³-hybridized carbons (Fsp3) is 0.267. The molecule has 0 radical (unpaired) electrons. The van der Waals surface area contributed by atoms with E-state index in [9.17, 15) is 24.8 Å². The van der Waals surface area contributed by atoms with Crippen molar-refractivity contribution < 1.29 is 19.6 Å². The SMILES string of the molecule is O=C(O)[C@H]1CCCN1C(=O)c1ccc(-n2ccnc2)c([N+](=O)[O-])c1. The highest BCUT2D eigenvalue weighted by molar-refractivity contribution is 5.97. The molecule has 1 atom stereocenters. The molecule has 1 fully saturated rings. The van der Waals surface area contributed by atoms with Crippen LogP contribution in [0.5, 0.6) is 0 Å². The van der Waals surface area contributed by atoms with Gasteiger partial charge in [-0.3, -0.25) is 14.9 Å². The Labute approximate surface area is 136 Å². The Balaban J connectivity index is 1.97. The molecule has 1 saturated heterocycles. The number of likely N-dealkylation sites (tertiary alicyclic amines) is 1. The summed E-state index contributed by atoms with van der Waals surface area (Å²) in [4.78, 5) is 39.6. The van der Waals surface area contributed by atoms with Gasteiger partial charge in [0, 0.05) is 30.6 Å². The number of carboxylic acids is 1. The second-order valence-corrected chi connectivity index (χ2v) is 5.43. The van der Waals surface area contributed by atoms with E-state index in [1.807, 2.05) is 0 Å². The number of hydrogen-bond acceptors (Lipinski definition) is 5. The molecular weight excluding hydrogens is 316 g/mol.